The smallest absolute Gasteiger partial charge is 0.356 e. The summed E-state index contributed by atoms with van der Waals surface area (Å²) >= 11 is 0. The Morgan fingerprint density at radius 1 is 1.53 bits per heavy atom. The van der Waals surface area contributed by atoms with E-state index in [4.69, 9.17) is 9.84 Å². The Kier molecular flexibility index (Phi) is 3.47. The SMILES string of the molecule is C1OCC2CC12.CC(C)n1ccc(C(=O)O)n1. The van der Waals surface area contributed by atoms with Gasteiger partial charge in [-0.05, 0) is 38.2 Å². The fraction of sp³-hybridized carbons (Fsp3) is 0.667. The predicted octanol–water partition coefficient (Wildman–Crippen LogP) is 1.81. The Bertz CT molecular complexity index is 392. The standard InChI is InChI=1S/C7H10N2O2.C5H8O/c1-5(2)9-4-3-6(8-9)7(10)11;1-4-2-6-3-5(1)4/h3-5H,1-2H3,(H,10,11);4-5H,1-3H2. The van der Waals surface area contributed by atoms with E-state index >= 15 is 0 Å². The molecular formula is C12H18N2O3. The summed E-state index contributed by atoms with van der Waals surface area (Å²) in [6.45, 7) is 6.01. The van der Waals surface area contributed by atoms with Crippen LogP contribution in [0.25, 0.3) is 0 Å². The summed E-state index contributed by atoms with van der Waals surface area (Å²) in [5.74, 6) is 0.999. The van der Waals surface area contributed by atoms with Crippen LogP contribution in [0.4, 0.5) is 0 Å². The third kappa shape index (κ3) is 3.06. The normalized spacial score (nSPS) is 25.1. The number of hydrogen-bond donors (Lipinski definition) is 1. The number of nitrogens with zero attached hydrogens (tertiary/aromatic N) is 2. The average Bonchev–Trinajstić information content (AvgIpc) is 2.74. The molecule has 1 aromatic heterocycles. The summed E-state index contributed by atoms with van der Waals surface area (Å²) in [6, 6.07) is 1.70. The average molecular weight is 238 g/mol. The summed E-state index contributed by atoms with van der Waals surface area (Å²) in [7, 11) is 0. The van der Waals surface area contributed by atoms with Crippen molar-refractivity contribution in [2.45, 2.75) is 26.3 Å². The van der Waals surface area contributed by atoms with Crippen molar-refractivity contribution in [2.75, 3.05) is 13.2 Å². The highest BCUT2D eigenvalue weighted by Gasteiger charge is 2.41. The number of aromatic nitrogens is 2. The first-order valence-electron chi connectivity index (χ1n) is 5.94. The summed E-state index contributed by atoms with van der Waals surface area (Å²) in [6.07, 6.45) is 3.12. The van der Waals surface area contributed by atoms with Gasteiger partial charge >= 0.3 is 5.97 Å². The van der Waals surface area contributed by atoms with Crippen LogP contribution >= 0.6 is 0 Å². The Labute approximate surface area is 100 Å². The van der Waals surface area contributed by atoms with Crippen molar-refractivity contribution in [2.24, 2.45) is 11.8 Å². The van der Waals surface area contributed by atoms with E-state index in [0.717, 1.165) is 25.0 Å². The Morgan fingerprint density at radius 3 is 2.41 bits per heavy atom. The highest BCUT2D eigenvalue weighted by atomic mass is 16.5. The number of ether oxygens (including phenoxy) is 1. The van der Waals surface area contributed by atoms with Crippen LogP contribution in [0.1, 0.15) is 36.8 Å². The van der Waals surface area contributed by atoms with E-state index in [0.29, 0.717) is 0 Å². The molecule has 5 heteroatoms. The minimum Gasteiger partial charge on any atom is -0.476 e. The van der Waals surface area contributed by atoms with Crippen LogP contribution in [-0.2, 0) is 4.74 Å². The molecular weight excluding hydrogens is 220 g/mol. The zero-order valence-electron chi connectivity index (χ0n) is 10.2. The molecule has 1 N–H and O–H groups in total. The van der Waals surface area contributed by atoms with Gasteiger partial charge in [-0.3, -0.25) is 4.68 Å². The van der Waals surface area contributed by atoms with Crippen LogP contribution in [0.2, 0.25) is 0 Å². The van der Waals surface area contributed by atoms with E-state index in [-0.39, 0.29) is 11.7 Å². The van der Waals surface area contributed by atoms with Gasteiger partial charge in [-0.1, -0.05) is 0 Å². The molecule has 1 aromatic rings. The monoisotopic (exact) mass is 238 g/mol. The molecule has 2 aliphatic rings. The molecule has 17 heavy (non-hydrogen) atoms. The molecule has 0 spiro atoms. The van der Waals surface area contributed by atoms with Gasteiger partial charge in [0.05, 0.1) is 0 Å². The zero-order valence-corrected chi connectivity index (χ0v) is 10.2. The number of hydrogen-bond acceptors (Lipinski definition) is 3. The fourth-order valence-corrected chi connectivity index (χ4v) is 1.83. The van der Waals surface area contributed by atoms with E-state index in [1.54, 1.807) is 10.9 Å². The van der Waals surface area contributed by atoms with Gasteiger partial charge < -0.3 is 9.84 Å². The van der Waals surface area contributed by atoms with Crippen LogP contribution < -0.4 is 0 Å². The van der Waals surface area contributed by atoms with Crippen LogP contribution in [0, 0.1) is 11.8 Å². The second kappa shape index (κ2) is 4.87. The van der Waals surface area contributed by atoms with Gasteiger partial charge in [-0.15, -0.1) is 0 Å². The Balaban J connectivity index is 0.000000148. The molecule has 1 aliphatic carbocycles. The van der Waals surface area contributed by atoms with Crippen molar-refractivity contribution in [1.29, 1.82) is 0 Å². The van der Waals surface area contributed by atoms with E-state index in [2.05, 4.69) is 5.10 Å². The highest BCUT2D eigenvalue weighted by Crippen LogP contribution is 2.43. The quantitative estimate of drug-likeness (QED) is 0.853. The topological polar surface area (TPSA) is 64.3 Å². The predicted molar refractivity (Wildman–Crippen MR) is 62.0 cm³/mol. The van der Waals surface area contributed by atoms with E-state index in [1.807, 2.05) is 13.8 Å². The maximum atomic E-state index is 10.4. The number of aromatic carboxylic acids is 1. The molecule has 0 bridgehead atoms. The minimum absolute atomic E-state index is 0.0960. The maximum absolute atomic E-state index is 10.4. The molecule has 3 rings (SSSR count). The summed E-state index contributed by atoms with van der Waals surface area (Å²) in [5, 5.41) is 12.3. The van der Waals surface area contributed by atoms with Gasteiger partial charge in [0.1, 0.15) is 0 Å². The number of carboxylic acids is 1. The second-order valence-corrected chi connectivity index (χ2v) is 4.87. The maximum Gasteiger partial charge on any atom is 0.356 e. The van der Waals surface area contributed by atoms with Crippen molar-refractivity contribution < 1.29 is 14.6 Å². The van der Waals surface area contributed by atoms with Gasteiger partial charge in [-0.25, -0.2) is 4.79 Å². The first-order valence-corrected chi connectivity index (χ1v) is 5.94. The molecule has 0 radical (unpaired) electrons. The molecule has 2 atom stereocenters. The van der Waals surface area contributed by atoms with Gasteiger partial charge in [0.2, 0.25) is 0 Å². The van der Waals surface area contributed by atoms with Gasteiger partial charge in [-0.2, -0.15) is 5.10 Å². The molecule has 1 aliphatic heterocycles. The van der Waals surface area contributed by atoms with Crippen molar-refractivity contribution in [3.8, 4) is 0 Å². The third-order valence-corrected chi connectivity index (χ3v) is 3.09. The van der Waals surface area contributed by atoms with Crippen LogP contribution in [0.15, 0.2) is 12.3 Å². The zero-order chi connectivity index (χ0) is 12.4. The van der Waals surface area contributed by atoms with Crippen LogP contribution in [-0.4, -0.2) is 34.1 Å². The Morgan fingerprint density at radius 2 is 2.18 bits per heavy atom. The lowest BCUT2D eigenvalue weighted by Gasteiger charge is -2.02. The molecule has 2 heterocycles. The lowest BCUT2D eigenvalue weighted by Crippen LogP contribution is -2.04. The second-order valence-electron chi connectivity index (χ2n) is 4.87. The van der Waals surface area contributed by atoms with Crippen molar-refractivity contribution in [3.05, 3.63) is 18.0 Å². The van der Waals surface area contributed by atoms with Crippen LogP contribution in [0.3, 0.4) is 0 Å². The van der Waals surface area contributed by atoms with Gasteiger partial charge in [0, 0.05) is 25.5 Å². The van der Waals surface area contributed by atoms with Crippen molar-refractivity contribution in [1.82, 2.24) is 9.78 Å². The minimum atomic E-state index is -0.982. The lowest BCUT2D eigenvalue weighted by molar-refractivity contribution is 0.0689. The molecule has 2 unspecified atom stereocenters. The molecule has 5 nitrogen and oxygen atoms in total. The van der Waals surface area contributed by atoms with Crippen molar-refractivity contribution >= 4 is 5.97 Å². The fourth-order valence-electron chi connectivity index (χ4n) is 1.83. The summed E-state index contributed by atoms with van der Waals surface area (Å²) in [5.41, 5.74) is 0.0960. The number of carbonyl (C=O) groups is 1. The van der Waals surface area contributed by atoms with E-state index in [9.17, 15) is 4.79 Å². The van der Waals surface area contributed by atoms with Crippen molar-refractivity contribution in [3.63, 3.8) is 0 Å². The lowest BCUT2D eigenvalue weighted by atomic mass is 10.4. The molecule has 0 amide bonds. The number of carboxylic acid groups (broad SMARTS) is 1. The van der Waals surface area contributed by atoms with E-state index in [1.165, 1.54) is 12.5 Å². The number of fused-ring (bicyclic) bond motifs is 1. The highest BCUT2D eigenvalue weighted by molar-refractivity contribution is 5.85. The Hall–Kier alpha value is -1.36. The molecule has 1 saturated heterocycles. The molecule has 94 valence electrons. The number of rotatable bonds is 2. The summed E-state index contributed by atoms with van der Waals surface area (Å²) in [4.78, 5) is 10.4. The third-order valence-electron chi connectivity index (χ3n) is 3.09. The summed E-state index contributed by atoms with van der Waals surface area (Å²) < 4.78 is 6.72. The molecule has 1 saturated carbocycles. The molecule has 2 fully saturated rings. The van der Waals surface area contributed by atoms with Crippen LogP contribution in [0.5, 0.6) is 0 Å². The van der Waals surface area contributed by atoms with Gasteiger partial charge in [0.15, 0.2) is 5.69 Å². The first-order chi connectivity index (χ1) is 8.08. The van der Waals surface area contributed by atoms with Gasteiger partial charge in [0.25, 0.3) is 0 Å². The van der Waals surface area contributed by atoms with E-state index < -0.39 is 5.97 Å². The molecule has 0 aromatic carbocycles. The first kappa shape index (κ1) is 12.1. The largest absolute Gasteiger partial charge is 0.476 e.